The molecule has 1 heterocycles. The zero-order chi connectivity index (χ0) is 14.4. The average Bonchev–Trinajstić information content (AvgIpc) is 2.49. The number of hydrogen-bond acceptors (Lipinski definition) is 5. The summed E-state index contributed by atoms with van der Waals surface area (Å²) in [5, 5.41) is 8.93. The first-order chi connectivity index (χ1) is 9.74. The molecule has 0 atom stereocenters. The van der Waals surface area contributed by atoms with E-state index in [9.17, 15) is 0 Å². The monoisotopic (exact) mass is 340 g/mol. The highest BCUT2D eigenvalue weighted by atomic mass is 79.9. The van der Waals surface area contributed by atoms with Crippen LogP contribution in [0.1, 0.15) is 5.56 Å². The van der Waals surface area contributed by atoms with Gasteiger partial charge in [-0.15, -0.1) is 0 Å². The Morgan fingerprint density at radius 3 is 2.80 bits per heavy atom. The lowest BCUT2D eigenvalue weighted by Gasteiger charge is -2.26. The second kappa shape index (κ2) is 7.48. The molecular weight excluding hydrogens is 324 g/mol. The van der Waals surface area contributed by atoms with Gasteiger partial charge in [0.2, 0.25) is 0 Å². The Kier molecular flexibility index (Phi) is 5.65. The Hall–Kier alpha value is -1.29. The number of nitrogens with zero attached hydrogens (tertiary/aromatic N) is 2. The predicted molar refractivity (Wildman–Crippen MR) is 78.2 cm³/mol. The van der Waals surface area contributed by atoms with Crippen molar-refractivity contribution in [3.8, 4) is 17.6 Å². The van der Waals surface area contributed by atoms with Crippen LogP contribution in [0.2, 0.25) is 0 Å². The Balaban J connectivity index is 1.96. The van der Waals surface area contributed by atoms with Gasteiger partial charge in [-0.25, -0.2) is 0 Å². The minimum atomic E-state index is 0.536. The summed E-state index contributed by atoms with van der Waals surface area (Å²) in [6, 6.07) is 5.49. The van der Waals surface area contributed by atoms with Crippen molar-refractivity contribution in [2.75, 3.05) is 46.6 Å². The molecule has 0 amide bonds. The first-order valence-corrected chi connectivity index (χ1v) is 7.24. The van der Waals surface area contributed by atoms with Crippen LogP contribution in [0, 0.1) is 11.3 Å². The molecule has 1 saturated heterocycles. The van der Waals surface area contributed by atoms with Crippen LogP contribution in [0.3, 0.4) is 0 Å². The molecular formula is C14H17BrN2O3. The van der Waals surface area contributed by atoms with Crippen molar-refractivity contribution in [1.29, 1.82) is 5.26 Å². The molecule has 0 spiro atoms. The second-order valence-electron chi connectivity index (χ2n) is 4.40. The van der Waals surface area contributed by atoms with Gasteiger partial charge in [0.05, 0.1) is 36.4 Å². The number of methoxy groups -OCH3 is 1. The van der Waals surface area contributed by atoms with Gasteiger partial charge in [-0.2, -0.15) is 5.26 Å². The third-order valence-corrected chi connectivity index (χ3v) is 3.71. The largest absolute Gasteiger partial charge is 0.493 e. The summed E-state index contributed by atoms with van der Waals surface area (Å²) in [6.07, 6.45) is 0. The highest BCUT2D eigenvalue weighted by Crippen LogP contribution is 2.36. The Bertz CT molecular complexity index is 496. The lowest BCUT2D eigenvalue weighted by atomic mass is 10.2. The van der Waals surface area contributed by atoms with Crippen LogP contribution in [0.5, 0.6) is 11.5 Å². The minimum absolute atomic E-state index is 0.536. The molecule has 1 aliphatic rings. The molecule has 0 bridgehead atoms. The zero-order valence-corrected chi connectivity index (χ0v) is 13.0. The van der Waals surface area contributed by atoms with E-state index >= 15 is 0 Å². The van der Waals surface area contributed by atoms with E-state index in [4.69, 9.17) is 19.5 Å². The number of hydrogen-bond donors (Lipinski definition) is 0. The number of benzene rings is 1. The number of rotatable bonds is 5. The van der Waals surface area contributed by atoms with Gasteiger partial charge in [0, 0.05) is 25.7 Å². The van der Waals surface area contributed by atoms with Gasteiger partial charge in [-0.1, -0.05) is 0 Å². The van der Waals surface area contributed by atoms with Crippen LogP contribution in [0.25, 0.3) is 0 Å². The zero-order valence-electron chi connectivity index (χ0n) is 11.4. The second-order valence-corrected chi connectivity index (χ2v) is 5.26. The maximum atomic E-state index is 8.93. The molecule has 0 N–H and O–H groups in total. The van der Waals surface area contributed by atoms with E-state index in [1.807, 2.05) is 0 Å². The van der Waals surface area contributed by atoms with E-state index < -0.39 is 0 Å². The molecule has 6 heteroatoms. The van der Waals surface area contributed by atoms with E-state index in [0.29, 0.717) is 23.7 Å². The van der Waals surface area contributed by atoms with E-state index in [1.165, 1.54) is 0 Å². The highest BCUT2D eigenvalue weighted by Gasteiger charge is 2.14. The van der Waals surface area contributed by atoms with E-state index in [-0.39, 0.29) is 0 Å². The minimum Gasteiger partial charge on any atom is -0.493 e. The lowest BCUT2D eigenvalue weighted by Crippen LogP contribution is -2.38. The molecule has 0 aromatic heterocycles. The van der Waals surface area contributed by atoms with Gasteiger partial charge in [0.15, 0.2) is 11.5 Å². The maximum Gasteiger partial charge on any atom is 0.175 e. The molecule has 108 valence electrons. The summed E-state index contributed by atoms with van der Waals surface area (Å²) in [6.45, 7) is 4.86. The molecule has 1 aliphatic heterocycles. The van der Waals surface area contributed by atoms with Crippen LogP contribution in [0.15, 0.2) is 16.6 Å². The number of morpholine rings is 1. The molecule has 0 aliphatic carbocycles. The normalized spacial score (nSPS) is 15.7. The molecule has 1 aromatic carbocycles. The quantitative estimate of drug-likeness (QED) is 0.820. The van der Waals surface area contributed by atoms with Crippen LogP contribution in [-0.2, 0) is 4.74 Å². The predicted octanol–water partition coefficient (Wildman–Crippen LogP) is 2.04. The summed E-state index contributed by atoms with van der Waals surface area (Å²) in [7, 11) is 1.57. The summed E-state index contributed by atoms with van der Waals surface area (Å²) < 4.78 is 17.1. The van der Waals surface area contributed by atoms with E-state index in [1.54, 1.807) is 19.2 Å². The van der Waals surface area contributed by atoms with Crippen molar-refractivity contribution >= 4 is 15.9 Å². The van der Waals surface area contributed by atoms with Crippen molar-refractivity contribution in [3.63, 3.8) is 0 Å². The van der Waals surface area contributed by atoms with Crippen molar-refractivity contribution < 1.29 is 14.2 Å². The fourth-order valence-electron chi connectivity index (χ4n) is 2.03. The molecule has 20 heavy (non-hydrogen) atoms. The topological polar surface area (TPSA) is 54.7 Å². The van der Waals surface area contributed by atoms with E-state index in [0.717, 1.165) is 37.3 Å². The smallest absolute Gasteiger partial charge is 0.175 e. The fourth-order valence-corrected chi connectivity index (χ4v) is 2.58. The van der Waals surface area contributed by atoms with Crippen molar-refractivity contribution in [3.05, 3.63) is 22.2 Å². The van der Waals surface area contributed by atoms with Crippen LogP contribution in [-0.4, -0.2) is 51.5 Å². The number of nitriles is 1. The molecule has 1 aromatic rings. The SMILES string of the molecule is COc1cc(C#N)cc(Br)c1OCCN1CCOCC1. The standard InChI is InChI=1S/C14H17BrN2O3/c1-18-13-9-11(10-16)8-12(15)14(13)20-7-4-17-2-5-19-6-3-17/h8-9H,2-7H2,1H3. The molecule has 0 radical (unpaired) electrons. The van der Waals surface area contributed by atoms with Crippen LogP contribution >= 0.6 is 15.9 Å². The summed E-state index contributed by atoms with van der Waals surface area (Å²) in [4.78, 5) is 2.30. The van der Waals surface area contributed by atoms with Gasteiger partial charge in [0.25, 0.3) is 0 Å². The summed E-state index contributed by atoms with van der Waals surface area (Å²) in [5.74, 6) is 1.21. The summed E-state index contributed by atoms with van der Waals surface area (Å²) in [5.41, 5.74) is 0.536. The molecule has 5 nitrogen and oxygen atoms in total. The maximum absolute atomic E-state index is 8.93. The van der Waals surface area contributed by atoms with E-state index in [2.05, 4.69) is 26.9 Å². The van der Waals surface area contributed by atoms with Gasteiger partial charge in [0.1, 0.15) is 6.61 Å². The van der Waals surface area contributed by atoms with Crippen molar-refractivity contribution in [1.82, 2.24) is 4.90 Å². The van der Waals surface area contributed by atoms with Gasteiger partial charge >= 0.3 is 0 Å². The van der Waals surface area contributed by atoms with Crippen molar-refractivity contribution in [2.24, 2.45) is 0 Å². The first kappa shape index (κ1) is 15.1. The van der Waals surface area contributed by atoms with Gasteiger partial charge in [-0.05, 0) is 22.0 Å². The Labute approximate surface area is 127 Å². The molecule has 2 rings (SSSR count). The van der Waals surface area contributed by atoms with Gasteiger partial charge in [-0.3, -0.25) is 4.90 Å². The lowest BCUT2D eigenvalue weighted by molar-refractivity contribution is 0.0320. The molecule has 0 unspecified atom stereocenters. The number of halogens is 1. The van der Waals surface area contributed by atoms with Crippen LogP contribution < -0.4 is 9.47 Å². The van der Waals surface area contributed by atoms with Gasteiger partial charge < -0.3 is 14.2 Å². The Morgan fingerprint density at radius 1 is 1.40 bits per heavy atom. The third-order valence-electron chi connectivity index (χ3n) is 3.12. The molecule has 0 saturated carbocycles. The molecule has 1 fully saturated rings. The number of ether oxygens (including phenoxy) is 3. The average molecular weight is 341 g/mol. The fraction of sp³-hybridized carbons (Fsp3) is 0.500. The van der Waals surface area contributed by atoms with Crippen LogP contribution in [0.4, 0.5) is 0 Å². The third kappa shape index (κ3) is 3.85. The first-order valence-electron chi connectivity index (χ1n) is 6.45. The van der Waals surface area contributed by atoms with Crippen molar-refractivity contribution in [2.45, 2.75) is 0 Å². The Morgan fingerprint density at radius 2 is 2.15 bits per heavy atom. The summed E-state index contributed by atoms with van der Waals surface area (Å²) >= 11 is 3.42. The highest BCUT2D eigenvalue weighted by molar-refractivity contribution is 9.10.